The van der Waals surface area contributed by atoms with Crippen LogP contribution in [0.5, 0.6) is 5.75 Å². The molecule has 1 saturated heterocycles. The molecule has 0 unspecified atom stereocenters. The molecule has 1 aliphatic rings. The van der Waals surface area contributed by atoms with Crippen molar-refractivity contribution in [1.29, 1.82) is 0 Å². The average molecular weight is 520 g/mol. The van der Waals surface area contributed by atoms with Crippen molar-refractivity contribution in [2.45, 2.75) is 19.8 Å². The minimum absolute atomic E-state index is 0.119. The first kappa shape index (κ1) is 22.4. The molecule has 5 rings (SSSR count). The van der Waals surface area contributed by atoms with Crippen LogP contribution in [-0.4, -0.2) is 50.1 Å². The van der Waals surface area contributed by atoms with Crippen molar-refractivity contribution in [1.82, 2.24) is 19.5 Å². The van der Waals surface area contributed by atoms with Crippen molar-refractivity contribution >= 4 is 33.3 Å². The highest BCUT2D eigenvalue weighted by atomic mass is 79.9. The monoisotopic (exact) mass is 519 g/mol. The number of nitrogens with zero attached hydrogens (tertiary/aromatic N) is 4. The van der Waals surface area contributed by atoms with Gasteiger partial charge in [-0.3, -0.25) is 4.79 Å². The number of hydrogen-bond acceptors (Lipinski definition) is 5. The van der Waals surface area contributed by atoms with Crippen LogP contribution >= 0.6 is 15.9 Å². The molecule has 0 radical (unpaired) electrons. The van der Waals surface area contributed by atoms with Gasteiger partial charge in [-0.25, -0.2) is 4.98 Å². The molecule has 0 atom stereocenters. The van der Waals surface area contributed by atoms with E-state index in [0.29, 0.717) is 22.8 Å². The Bertz CT molecular complexity index is 1340. The Morgan fingerprint density at radius 1 is 1.15 bits per heavy atom. The topological polar surface area (TPSA) is 82.8 Å². The van der Waals surface area contributed by atoms with Crippen LogP contribution in [-0.2, 0) is 0 Å². The van der Waals surface area contributed by atoms with Gasteiger partial charge in [0.25, 0.3) is 5.91 Å². The second kappa shape index (κ2) is 9.46. The van der Waals surface area contributed by atoms with E-state index in [1.165, 1.54) is 0 Å². The van der Waals surface area contributed by atoms with E-state index in [4.69, 9.17) is 4.98 Å². The van der Waals surface area contributed by atoms with E-state index in [0.717, 1.165) is 53.9 Å². The molecule has 8 heteroatoms. The maximum Gasteiger partial charge on any atom is 0.254 e. The maximum absolute atomic E-state index is 12.9. The quantitative estimate of drug-likeness (QED) is 0.381. The van der Waals surface area contributed by atoms with Crippen molar-refractivity contribution < 1.29 is 9.90 Å². The number of likely N-dealkylation sites (tertiary alicyclic amines) is 1. The summed E-state index contributed by atoms with van der Waals surface area (Å²) in [5.41, 5.74) is 3.84. The van der Waals surface area contributed by atoms with Crippen LogP contribution in [0.2, 0.25) is 0 Å². The number of piperidine rings is 1. The molecule has 3 heterocycles. The fraction of sp³-hybridized carbons (Fsp3) is 0.269. The predicted molar refractivity (Wildman–Crippen MR) is 136 cm³/mol. The molecule has 0 aliphatic carbocycles. The molecule has 4 aromatic rings. The van der Waals surface area contributed by atoms with Gasteiger partial charge in [-0.2, -0.15) is 9.61 Å². The Balaban J connectivity index is 1.29. The van der Waals surface area contributed by atoms with Crippen molar-refractivity contribution in [2.24, 2.45) is 5.92 Å². The number of aromatic nitrogens is 3. The van der Waals surface area contributed by atoms with Crippen LogP contribution < -0.4 is 5.32 Å². The lowest BCUT2D eigenvalue weighted by atomic mass is 9.96. The zero-order chi connectivity index (χ0) is 23.7. The van der Waals surface area contributed by atoms with E-state index in [1.807, 2.05) is 54.3 Å². The van der Waals surface area contributed by atoms with E-state index in [1.54, 1.807) is 22.8 Å². The lowest BCUT2D eigenvalue weighted by Crippen LogP contribution is -2.40. The number of hydrogen-bond donors (Lipinski definition) is 2. The molecule has 2 aromatic carbocycles. The van der Waals surface area contributed by atoms with Crippen LogP contribution in [0.15, 0.2) is 65.3 Å². The van der Waals surface area contributed by atoms with Gasteiger partial charge in [-0.05, 0) is 65.4 Å². The summed E-state index contributed by atoms with van der Waals surface area (Å²) in [6.45, 7) is 4.25. The Labute approximate surface area is 206 Å². The molecule has 174 valence electrons. The second-order valence-corrected chi connectivity index (χ2v) is 9.56. The summed E-state index contributed by atoms with van der Waals surface area (Å²) < 4.78 is 2.56. The summed E-state index contributed by atoms with van der Waals surface area (Å²) >= 11 is 3.52. The Morgan fingerprint density at radius 2 is 1.88 bits per heavy atom. The lowest BCUT2D eigenvalue weighted by Gasteiger charge is -2.32. The molecule has 1 aliphatic heterocycles. The van der Waals surface area contributed by atoms with Gasteiger partial charge in [0.05, 0.1) is 16.4 Å². The van der Waals surface area contributed by atoms with Crippen molar-refractivity contribution in [3.05, 3.63) is 76.4 Å². The van der Waals surface area contributed by atoms with Gasteiger partial charge in [0.15, 0.2) is 5.65 Å². The highest BCUT2D eigenvalue weighted by Crippen LogP contribution is 2.31. The van der Waals surface area contributed by atoms with E-state index in [9.17, 15) is 9.90 Å². The number of nitrogens with one attached hydrogen (secondary N) is 1. The van der Waals surface area contributed by atoms with Gasteiger partial charge in [0.2, 0.25) is 0 Å². The lowest BCUT2D eigenvalue weighted by molar-refractivity contribution is 0.0694. The van der Waals surface area contributed by atoms with Gasteiger partial charge in [-0.1, -0.05) is 30.3 Å². The molecule has 1 amide bonds. The van der Waals surface area contributed by atoms with E-state index < -0.39 is 0 Å². The average Bonchev–Trinajstić information content (AvgIpc) is 3.24. The third-order valence-corrected chi connectivity index (χ3v) is 7.02. The van der Waals surface area contributed by atoms with Crippen molar-refractivity contribution in [3.63, 3.8) is 0 Å². The number of amides is 1. The van der Waals surface area contributed by atoms with E-state index in [-0.39, 0.29) is 11.7 Å². The van der Waals surface area contributed by atoms with Gasteiger partial charge in [0.1, 0.15) is 11.6 Å². The first-order valence-electron chi connectivity index (χ1n) is 11.4. The van der Waals surface area contributed by atoms with Crippen LogP contribution in [0.3, 0.4) is 0 Å². The Morgan fingerprint density at radius 3 is 2.65 bits per heavy atom. The number of halogens is 1. The second-order valence-electron chi connectivity index (χ2n) is 8.70. The smallest absolute Gasteiger partial charge is 0.254 e. The third kappa shape index (κ3) is 4.37. The van der Waals surface area contributed by atoms with Crippen molar-refractivity contribution in [3.8, 4) is 17.0 Å². The highest BCUT2D eigenvalue weighted by molar-refractivity contribution is 9.10. The van der Waals surface area contributed by atoms with E-state index in [2.05, 4.69) is 26.3 Å². The number of anilines is 1. The molecule has 0 saturated carbocycles. The molecular formula is C26H26BrN5O2. The number of rotatable bonds is 5. The maximum atomic E-state index is 12.9. The first-order valence-corrected chi connectivity index (χ1v) is 12.2. The number of fused-ring (bicyclic) bond motifs is 1. The highest BCUT2D eigenvalue weighted by Gasteiger charge is 2.24. The fourth-order valence-electron chi connectivity index (χ4n) is 4.46. The summed E-state index contributed by atoms with van der Waals surface area (Å²) in [6, 6.07) is 16.9. The summed E-state index contributed by atoms with van der Waals surface area (Å²) in [7, 11) is 0. The molecule has 2 N–H and O–H groups in total. The summed E-state index contributed by atoms with van der Waals surface area (Å²) in [4.78, 5) is 19.6. The number of phenols is 1. The Kier molecular flexibility index (Phi) is 6.24. The standard InChI is InChI=1S/C26H26BrN5O2/c1-17-6-2-3-7-19(17)26(34)31-12-10-18(11-13-31)15-28-24-14-22(20-8-4-5-9-23(20)33)30-25-21(27)16-29-32(24)25/h2-9,14,16,18,28,33H,10-13,15H2,1H3. The van der Waals surface area contributed by atoms with Gasteiger partial charge in [-0.15, -0.1) is 0 Å². The molecular weight excluding hydrogens is 494 g/mol. The fourth-order valence-corrected chi connectivity index (χ4v) is 4.81. The number of phenolic OH excluding ortho intramolecular Hbond substituents is 1. The molecule has 1 fully saturated rings. The molecule has 0 bridgehead atoms. The molecule has 34 heavy (non-hydrogen) atoms. The number of para-hydroxylation sites is 1. The minimum atomic E-state index is 0.119. The van der Waals surface area contributed by atoms with Crippen molar-refractivity contribution in [2.75, 3.05) is 25.0 Å². The Hall–Kier alpha value is -3.39. The zero-order valence-electron chi connectivity index (χ0n) is 18.9. The van der Waals surface area contributed by atoms with Gasteiger partial charge < -0.3 is 15.3 Å². The minimum Gasteiger partial charge on any atom is -0.507 e. The summed E-state index contributed by atoms with van der Waals surface area (Å²) in [6.07, 6.45) is 3.60. The number of carbonyl (C=O) groups excluding carboxylic acids is 1. The predicted octanol–water partition coefficient (Wildman–Crippen LogP) is 5.14. The largest absolute Gasteiger partial charge is 0.507 e. The molecule has 2 aromatic heterocycles. The number of benzene rings is 2. The first-order chi connectivity index (χ1) is 16.5. The number of carbonyl (C=O) groups is 1. The van der Waals surface area contributed by atoms with Gasteiger partial charge >= 0.3 is 0 Å². The molecule has 7 nitrogen and oxygen atoms in total. The van der Waals surface area contributed by atoms with Crippen LogP contribution in [0.25, 0.3) is 16.9 Å². The van der Waals surface area contributed by atoms with E-state index >= 15 is 0 Å². The number of aromatic hydroxyl groups is 1. The summed E-state index contributed by atoms with van der Waals surface area (Å²) in [5, 5.41) is 18.3. The van der Waals surface area contributed by atoms with Crippen LogP contribution in [0, 0.1) is 12.8 Å². The zero-order valence-corrected chi connectivity index (χ0v) is 20.5. The number of aryl methyl sites for hydroxylation is 1. The SMILES string of the molecule is Cc1ccccc1C(=O)N1CCC(CNc2cc(-c3ccccc3O)nc3c(Br)cnn23)CC1. The van der Waals surface area contributed by atoms with Crippen LogP contribution in [0.1, 0.15) is 28.8 Å². The summed E-state index contributed by atoms with van der Waals surface area (Å²) in [5.74, 6) is 1.56. The molecule has 0 spiro atoms. The van der Waals surface area contributed by atoms with Crippen LogP contribution in [0.4, 0.5) is 5.82 Å². The van der Waals surface area contributed by atoms with Gasteiger partial charge in [0, 0.05) is 36.8 Å². The third-order valence-electron chi connectivity index (χ3n) is 6.46. The normalized spacial score (nSPS) is 14.5.